The molecule has 1 amide bonds. The number of carbonyl (C=O) groups excluding carboxylic acids is 1. The summed E-state index contributed by atoms with van der Waals surface area (Å²) >= 11 is 0. The highest BCUT2D eigenvalue weighted by Gasteiger charge is 2.01. The van der Waals surface area contributed by atoms with Gasteiger partial charge in [0.05, 0.1) is 7.11 Å². The monoisotopic (exact) mass is 217 g/mol. The van der Waals surface area contributed by atoms with Crippen LogP contribution in [0.1, 0.15) is 0 Å². The van der Waals surface area contributed by atoms with Gasteiger partial charge in [0.2, 0.25) is 0 Å². The van der Waals surface area contributed by atoms with Crippen molar-refractivity contribution in [2.45, 2.75) is 0 Å². The van der Waals surface area contributed by atoms with E-state index < -0.39 is 6.09 Å². The van der Waals surface area contributed by atoms with Crippen molar-refractivity contribution in [3.63, 3.8) is 0 Å². The largest absolute Gasteiger partial charge is 0.497 e. The SMILES string of the molecule is CNC(=O)Oc1cccc(OC)c1.Cl. The van der Waals surface area contributed by atoms with Crippen molar-refractivity contribution in [2.24, 2.45) is 0 Å². The van der Waals surface area contributed by atoms with Gasteiger partial charge in [-0.2, -0.15) is 0 Å². The van der Waals surface area contributed by atoms with E-state index >= 15 is 0 Å². The maximum atomic E-state index is 10.8. The lowest BCUT2D eigenvalue weighted by Gasteiger charge is -2.04. The Morgan fingerprint density at radius 1 is 1.36 bits per heavy atom. The van der Waals surface area contributed by atoms with Crippen LogP contribution in [0.4, 0.5) is 4.79 Å². The van der Waals surface area contributed by atoms with Gasteiger partial charge in [-0.15, -0.1) is 12.4 Å². The summed E-state index contributed by atoms with van der Waals surface area (Å²) in [5.74, 6) is 1.11. The molecule has 0 atom stereocenters. The molecule has 0 spiro atoms. The zero-order valence-electron chi connectivity index (χ0n) is 7.94. The van der Waals surface area contributed by atoms with Gasteiger partial charge in [-0.1, -0.05) is 6.07 Å². The number of hydrogen-bond donors (Lipinski definition) is 1. The Hall–Kier alpha value is -1.42. The van der Waals surface area contributed by atoms with Crippen LogP contribution in [-0.2, 0) is 0 Å². The topological polar surface area (TPSA) is 47.6 Å². The Balaban J connectivity index is 0.00000169. The summed E-state index contributed by atoms with van der Waals surface area (Å²) in [7, 11) is 3.06. The van der Waals surface area contributed by atoms with E-state index in [1.807, 2.05) is 0 Å². The fourth-order valence-electron chi connectivity index (χ4n) is 0.823. The smallest absolute Gasteiger partial charge is 0.412 e. The molecule has 1 N–H and O–H groups in total. The van der Waals surface area contributed by atoms with E-state index in [0.29, 0.717) is 11.5 Å². The van der Waals surface area contributed by atoms with E-state index in [-0.39, 0.29) is 12.4 Å². The van der Waals surface area contributed by atoms with Crippen LogP contribution in [0.5, 0.6) is 11.5 Å². The zero-order valence-corrected chi connectivity index (χ0v) is 8.76. The lowest BCUT2D eigenvalue weighted by atomic mass is 10.3. The highest BCUT2D eigenvalue weighted by atomic mass is 35.5. The predicted octanol–water partition coefficient (Wildman–Crippen LogP) is 1.84. The van der Waals surface area contributed by atoms with Gasteiger partial charge >= 0.3 is 6.09 Å². The molecule has 0 aliphatic heterocycles. The summed E-state index contributed by atoms with van der Waals surface area (Å²) in [6.45, 7) is 0. The van der Waals surface area contributed by atoms with Crippen LogP contribution in [0.3, 0.4) is 0 Å². The molecule has 14 heavy (non-hydrogen) atoms. The quantitative estimate of drug-likeness (QED) is 0.822. The van der Waals surface area contributed by atoms with Crippen molar-refractivity contribution in [3.05, 3.63) is 24.3 Å². The average Bonchev–Trinajstić information content (AvgIpc) is 2.18. The van der Waals surface area contributed by atoms with Crippen molar-refractivity contribution in [2.75, 3.05) is 14.2 Å². The summed E-state index contributed by atoms with van der Waals surface area (Å²) in [4.78, 5) is 10.8. The number of rotatable bonds is 2. The lowest BCUT2D eigenvalue weighted by molar-refractivity contribution is 0.203. The number of methoxy groups -OCH3 is 1. The molecule has 0 unspecified atom stereocenters. The highest BCUT2D eigenvalue weighted by Crippen LogP contribution is 2.18. The molecule has 1 rings (SSSR count). The number of hydrogen-bond acceptors (Lipinski definition) is 3. The molecule has 0 aliphatic rings. The predicted molar refractivity (Wildman–Crippen MR) is 55.3 cm³/mol. The van der Waals surface area contributed by atoms with E-state index in [1.54, 1.807) is 31.4 Å². The molecule has 0 heterocycles. The minimum Gasteiger partial charge on any atom is -0.497 e. The fraction of sp³-hybridized carbons (Fsp3) is 0.222. The lowest BCUT2D eigenvalue weighted by Crippen LogP contribution is -2.21. The van der Waals surface area contributed by atoms with Crippen LogP contribution < -0.4 is 14.8 Å². The Morgan fingerprint density at radius 2 is 2.00 bits per heavy atom. The molecule has 0 saturated heterocycles. The summed E-state index contributed by atoms with van der Waals surface area (Å²) in [6, 6.07) is 6.83. The first-order valence-electron chi connectivity index (χ1n) is 3.80. The van der Waals surface area contributed by atoms with Gasteiger partial charge in [0.1, 0.15) is 11.5 Å². The van der Waals surface area contributed by atoms with Gasteiger partial charge in [-0.3, -0.25) is 0 Å². The summed E-state index contributed by atoms with van der Waals surface area (Å²) in [5.41, 5.74) is 0. The van der Waals surface area contributed by atoms with Crippen LogP contribution in [0.2, 0.25) is 0 Å². The number of amides is 1. The third-order valence-electron chi connectivity index (χ3n) is 1.46. The number of benzene rings is 1. The van der Waals surface area contributed by atoms with Crippen molar-refractivity contribution in [1.82, 2.24) is 5.32 Å². The van der Waals surface area contributed by atoms with Gasteiger partial charge in [0, 0.05) is 13.1 Å². The first-order chi connectivity index (χ1) is 6.26. The summed E-state index contributed by atoms with van der Waals surface area (Å²) in [5, 5.41) is 2.35. The molecule has 1 aromatic carbocycles. The van der Waals surface area contributed by atoms with Crippen molar-refractivity contribution >= 4 is 18.5 Å². The van der Waals surface area contributed by atoms with E-state index in [1.165, 1.54) is 7.05 Å². The van der Waals surface area contributed by atoms with E-state index in [4.69, 9.17) is 9.47 Å². The molecule has 1 aromatic rings. The van der Waals surface area contributed by atoms with Gasteiger partial charge in [-0.05, 0) is 12.1 Å². The normalized spacial score (nSPS) is 8.43. The molecule has 0 saturated carbocycles. The first-order valence-corrected chi connectivity index (χ1v) is 3.80. The van der Waals surface area contributed by atoms with E-state index in [2.05, 4.69) is 5.32 Å². The van der Waals surface area contributed by atoms with Crippen molar-refractivity contribution < 1.29 is 14.3 Å². The van der Waals surface area contributed by atoms with E-state index in [9.17, 15) is 4.79 Å². The third-order valence-corrected chi connectivity index (χ3v) is 1.46. The molecule has 0 aromatic heterocycles. The highest BCUT2D eigenvalue weighted by molar-refractivity contribution is 5.85. The molecule has 78 valence electrons. The van der Waals surface area contributed by atoms with Gasteiger partial charge in [0.15, 0.2) is 0 Å². The summed E-state index contributed by atoms with van der Waals surface area (Å²) < 4.78 is 9.83. The van der Waals surface area contributed by atoms with E-state index in [0.717, 1.165) is 0 Å². The number of nitrogens with one attached hydrogen (secondary N) is 1. The Bertz CT molecular complexity index is 304. The van der Waals surface area contributed by atoms with Crippen LogP contribution in [0.25, 0.3) is 0 Å². The van der Waals surface area contributed by atoms with Crippen LogP contribution in [-0.4, -0.2) is 20.3 Å². The van der Waals surface area contributed by atoms with Crippen LogP contribution >= 0.6 is 12.4 Å². The van der Waals surface area contributed by atoms with Gasteiger partial charge in [-0.25, -0.2) is 4.79 Å². The second-order valence-electron chi connectivity index (χ2n) is 2.32. The molecule has 0 bridgehead atoms. The number of ether oxygens (including phenoxy) is 2. The molecule has 0 aliphatic carbocycles. The minimum absolute atomic E-state index is 0. The molecule has 4 nitrogen and oxygen atoms in total. The van der Waals surface area contributed by atoms with Gasteiger partial charge in [0.25, 0.3) is 0 Å². The number of halogens is 1. The third kappa shape index (κ3) is 3.53. The molecule has 5 heteroatoms. The average molecular weight is 218 g/mol. The van der Waals surface area contributed by atoms with Crippen LogP contribution in [0, 0.1) is 0 Å². The van der Waals surface area contributed by atoms with Crippen molar-refractivity contribution in [3.8, 4) is 11.5 Å². The Morgan fingerprint density at radius 3 is 2.57 bits per heavy atom. The second-order valence-corrected chi connectivity index (χ2v) is 2.32. The molecular formula is C9H12ClNO3. The summed E-state index contributed by atoms with van der Waals surface area (Å²) in [6.07, 6.45) is -0.492. The van der Waals surface area contributed by atoms with Gasteiger partial charge < -0.3 is 14.8 Å². The Kier molecular flexibility index (Phi) is 5.48. The van der Waals surface area contributed by atoms with Crippen molar-refractivity contribution in [1.29, 1.82) is 0 Å². The fourth-order valence-corrected chi connectivity index (χ4v) is 0.823. The molecule has 0 fully saturated rings. The standard InChI is InChI=1S/C9H11NO3.ClH/c1-10-9(11)13-8-5-3-4-7(6-8)12-2;/h3-6H,1-2H3,(H,10,11);1H. The maximum Gasteiger partial charge on any atom is 0.412 e. The Labute approximate surface area is 88.6 Å². The molecular weight excluding hydrogens is 206 g/mol. The number of carbonyl (C=O) groups is 1. The molecule has 0 radical (unpaired) electrons. The second kappa shape index (κ2) is 6.10. The zero-order chi connectivity index (χ0) is 9.68. The van der Waals surface area contributed by atoms with Crippen LogP contribution in [0.15, 0.2) is 24.3 Å². The minimum atomic E-state index is -0.492. The maximum absolute atomic E-state index is 10.8. The first kappa shape index (κ1) is 12.6.